The number of amides is 2. The van der Waals surface area contributed by atoms with Crippen LogP contribution in [-0.2, 0) is 26.9 Å². The van der Waals surface area contributed by atoms with Crippen molar-refractivity contribution in [3.8, 4) is 5.75 Å². The van der Waals surface area contributed by atoms with E-state index in [0.29, 0.717) is 11.3 Å². The Labute approximate surface area is 229 Å². The van der Waals surface area contributed by atoms with Crippen LogP contribution in [0.25, 0.3) is 0 Å². The minimum atomic E-state index is -4.69. The molecule has 2 aromatic carbocycles. The van der Waals surface area contributed by atoms with E-state index in [-0.39, 0.29) is 45.9 Å². The molecule has 0 heterocycles. The highest BCUT2D eigenvalue weighted by Crippen LogP contribution is 2.34. The van der Waals surface area contributed by atoms with Crippen LogP contribution >= 0.6 is 0 Å². The van der Waals surface area contributed by atoms with Crippen LogP contribution in [0.15, 0.2) is 48.5 Å². The van der Waals surface area contributed by atoms with Crippen LogP contribution in [0.3, 0.4) is 0 Å². The fourth-order valence-electron chi connectivity index (χ4n) is 3.50. The highest BCUT2D eigenvalue weighted by Gasteiger charge is 2.34. The summed E-state index contributed by atoms with van der Waals surface area (Å²) in [6.45, 7) is 2.13. The molecule has 0 aliphatic heterocycles. The molecule has 0 radical (unpaired) electrons. The summed E-state index contributed by atoms with van der Waals surface area (Å²) in [5.41, 5.74) is -0.748. The molecule has 0 fully saturated rings. The van der Waals surface area contributed by atoms with Crippen molar-refractivity contribution in [2.24, 2.45) is 0 Å². The number of urea groups is 1. The Bertz CT molecular complexity index is 1080. The molecule has 13 heteroatoms. The zero-order chi connectivity index (χ0) is 29.8. The first-order chi connectivity index (χ1) is 18.8. The van der Waals surface area contributed by atoms with Crippen molar-refractivity contribution in [3.05, 3.63) is 59.7 Å². The number of para-hydroxylation sites is 1. The lowest BCUT2D eigenvalue weighted by Crippen LogP contribution is -2.40. The Morgan fingerprint density at radius 1 is 0.975 bits per heavy atom. The Kier molecular flexibility index (Phi) is 12.6. The molecule has 8 nitrogen and oxygen atoms in total. The number of alkyl halides is 5. The smallest absolute Gasteiger partial charge is 0.418 e. The van der Waals surface area contributed by atoms with E-state index < -0.39 is 47.9 Å². The van der Waals surface area contributed by atoms with Gasteiger partial charge in [0.05, 0.1) is 31.0 Å². The first-order valence-electron chi connectivity index (χ1n) is 12.5. The molecule has 0 saturated heterocycles. The number of carbonyl (C=O) groups excluding carboxylic acids is 1. The van der Waals surface area contributed by atoms with E-state index in [2.05, 4.69) is 5.32 Å². The van der Waals surface area contributed by atoms with Gasteiger partial charge in [-0.2, -0.15) is 13.2 Å². The van der Waals surface area contributed by atoms with Gasteiger partial charge in [-0.05, 0) is 43.7 Å². The largest absolute Gasteiger partial charge is 0.492 e. The number of carbonyl (C=O) groups is 2. The molecule has 2 N–H and O–H groups in total. The number of ether oxygens (including phenoxy) is 3. The molecule has 0 aliphatic rings. The van der Waals surface area contributed by atoms with Crippen LogP contribution in [0.1, 0.15) is 31.4 Å². The van der Waals surface area contributed by atoms with Gasteiger partial charge in [0.15, 0.2) is 6.10 Å². The lowest BCUT2D eigenvalue weighted by Gasteiger charge is -2.24. The normalized spacial score (nSPS) is 12.6. The van der Waals surface area contributed by atoms with Crippen LogP contribution in [0.5, 0.6) is 5.75 Å². The fourth-order valence-corrected chi connectivity index (χ4v) is 3.50. The van der Waals surface area contributed by atoms with E-state index in [1.54, 1.807) is 31.2 Å². The number of carboxylic acid groups (broad SMARTS) is 1. The van der Waals surface area contributed by atoms with Gasteiger partial charge in [0.1, 0.15) is 12.4 Å². The third-order valence-corrected chi connectivity index (χ3v) is 5.57. The van der Waals surface area contributed by atoms with Gasteiger partial charge in [0.25, 0.3) is 0 Å². The van der Waals surface area contributed by atoms with Crippen LogP contribution in [0.4, 0.5) is 32.4 Å². The lowest BCUT2D eigenvalue weighted by atomic mass is 10.1. The average molecular weight is 577 g/mol. The maximum absolute atomic E-state index is 13.3. The summed E-state index contributed by atoms with van der Waals surface area (Å²) >= 11 is 0. The van der Waals surface area contributed by atoms with E-state index in [1.165, 1.54) is 12.1 Å². The summed E-state index contributed by atoms with van der Waals surface area (Å²) in [6, 6.07) is 10.2. The summed E-state index contributed by atoms with van der Waals surface area (Å²) < 4.78 is 82.1. The van der Waals surface area contributed by atoms with E-state index >= 15 is 0 Å². The number of nitrogens with zero attached hydrogens (tertiary/aromatic N) is 1. The van der Waals surface area contributed by atoms with Crippen molar-refractivity contribution in [2.75, 3.05) is 44.8 Å². The molecule has 1 atom stereocenters. The van der Waals surface area contributed by atoms with Crippen molar-refractivity contribution in [2.45, 2.75) is 44.9 Å². The van der Waals surface area contributed by atoms with Crippen molar-refractivity contribution >= 4 is 17.7 Å². The van der Waals surface area contributed by atoms with Gasteiger partial charge in [-0.25, -0.2) is 18.4 Å². The van der Waals surface area contributed by atoms with Crippen molar-refractivity contribution in [1.29, 1.82) is 0 Å². The Morgan fingerprint density at radius 2 is 1.62 bits per heavy atom. The predicted octanol–water partition coefficient (Wildman–Crippen LogP) is 5.71. The standard InChI is InChI=1S/C27H33F5N2O6/c1-3-39-23(24(35)36)18-19-8-10-20(11-9-19)40-17-14-34(13-16-38-15-12-26(2,28)29)25(37)33-22-7-5-4-6-21(22)27(30,31)32/h4-11,23H,3,12-18H2,1-2H3,(H,33,37)(H,35,36). The predicted molar refractivity (Wildman–Crippen MR) is 137 cm³/mol. The molecule has 222 valence electrons. The summed E-state index contributed by atoms with van der Waals surface area (Å²) in [5, 5.41) is 11.5. The number of benzene rings is 2. The highest BCUT2D eigenvalue weighted by atomic mass is 19.4. The molecular weight excluding hydrogens is 543 g/mol. The second-order valence-corrected chi connectivity index (χ2v) is 8.87. The first kappa shape index (κ1) is 32.8. The number of rotatable bonds is 16. The minimum Gasteiger partial charge on any atom is -0.492 e. The van der Waals surface area contributed by atoms with Crippen molar-refractivity contribution in [1.82, 2.24) is 4.90 Å². The van der Waals surface area contributed by atoms with E-state index in [0.717, 1.165) is 24.0 Å². The number of hydrogen-bond acceptors (Lipinski definition) is 5. The number of nitrogens with one attached hydrogen (secondary N) is 1. The third kappa shape index (κ3) is 11.7. The van der Waals surface area contributed by atoms with Crippen LogP contribution < -0.4 is 10.1 Å². The molecule has 2 amide bonds. The number of aliphatic carboxylic acids is 1. The van der Waals surface area contributed by atoms with Gasteiger partial charge < -0.3 is 29.5 Å². The van der Waals surface area contributed by atoms with Crippen molar-refractivity contribution < 1.29 is 50.9 Å². The summed E-state index contributed by atoms with van der Waals surface area (Å²) in [6.07, 6.45) is -6.04. The van der Waals surface area contributed by atoms with Gasteiger partial charge in [-0.15, -0.1) is 0 Å². The van der Waals surface area contributed by atoms with Gasteiger partial charge in [-0.1, -0.05) is 24.3 Å². The van der Waals surface area contributed by atoms with Gasteiger partial charge in [-0.3, -0.25) is 0 Å². The zero-order valence-electron chi connectivity index (χ0n) is 22.2. The topological polar surface area (TPSA) is 97.3 Å². The summed E-state index contributed by atoms with van der Waals surface area (Å²) in [7, 11) is 0. The van der Waals surface area contributed by atoms with Gasteiger partial charge in [0, 0.05) is 26.0 Å². The monoisotopic (exact) mass is 576 g/mol. The molecule has 0 aliphatic carbocycles. The number of anilines is 1. The maximum Gasteiger partial charge on any atom is 0.418 e. The van der Waals surface area contributed by atoms with Gasteiger partial charge >= 0.3 is 18.2 Å². The van der Waals surface area contributed by atoms with Crippen LogP contribution in [0.2, 0.25) is 0 Å². The molecule has 40 heavy (non-hydrogen) atoms. The SMILES string of the molecule is CCOC(Cc1ccc(OCCN(CCOCCC(C)(F)F)C(=O)Nc2ccccc2C(F)(F)F)cc1)C(=O)O. The molecule has 2 rings (SSSR count). The number of hydrogen-bond donors (Lipinski definition) is 2. The number of halogens is 5. The fraction of sp³-hybridized carbons (Fsp3) is 0.481. The molecule has 0 saturated carbocycles. The second kappa shape index (κ2) is 15.4. The second-order valence-electron chi connectivity index (χ2n) is 8.87. The molecule has 1 unspecified atom stereocenters. The Balaban J connectivity index is 2.01. The molecule has 0 aromatic heterocycles. The van der Waals surface area contributed by atoms with Crippen LogP contribution in [-0.4, -0.2) is 73.6 Å². The molecule has 0 bridgehead atoms. The summed E-state index contributed by atoms with van der Waals surface area (Å²) in [5.74, 6) is -3.58. The molecule has 2 aromatic rings. The lowest BCUT2D eigenvalue weighted by molar-refractivity contribution is -0.150. The van der Waals surface area contributed by atoms with Crippen LogP contribution in [0, 0.1) is 0 Å². The molecule has 0 spiro atoms. The number of carboxylic acids is 1. The Morgan fingerprint density at radius 3 is 2.23 bits per heavy atom. The van der Waals surface area contributed by atoms with E-state index in [4.69, 9.17) is 14.2 Å². The quantitative estimate of drug-likeness (QED) is 0.196. The average Bonchev–Trinajstić information content (AvgIpc) is 2.87. The first-order valence-corrected chi connectivity index (χ1v) is 12.5. The minimum absolute atomic E-state index is 0.0442. The summed E-state index contributed by atoms with van der Waals surface area (Å²) in [4.78, 5) is 25.3. The van der Waals surface area contributed by atoms with E-state index in [9.17, 15) is 36.6 Å². The molecular formula is C27H33F5N2O6. The van der Waals surface area contributed by atoms with Gasteiger partial charge in [0.2, 0.25) is 5.92 Å². The van der Waals surface area contributed by atoms with E-state index in [1.807, 2.05) is 0 Å². The van der Waals surface area contributed by atoms with Crippen molar-refractivity contribution in [3.63, 3.8) is 0 Å². The maximum atomic E-state index is 13.3. The Hall–Kier alpha value is -3.45. The zero-order valence-corrected chi connectivity index (χ0v) is 22.2. The highest BCUT2D eigenvalue weighted by molar-refractivity contribution is 5.90. The third-order valence-electron chi connectivity index (χ3n) is 5.57.